The van der Waals surface area contributed by atoms with E-state index in [1.807, 2.05) is 6.07 Å². The molecule has 2 aromatic rings. The molecule has 0 bridgehead atoms. The minimum Gasteiger partial charge on any atom is -0.364 e. The molecule has 0 fully saturated rings. The number of hydrogen-bond acceptors (Lipinski definition) is 4. The van der Waals surface area contributed by atoms with E-state index in [1.54, 1.807) is 31.3 Å². The molecule has 0 unspecified atom stereocenters. The van der Waals surface area contributed by atoms with Crippen LogP contribution in [-0.4, -0.2) is 23.1 Å². The predicted octanol–water partition coefficient (Wildman–Crippen LogP) is 2.67. The molecule has 3 N–H and O–H groups in total. The van der Waals surface area contributed by atoms with Crippen LogP contribution in [-0.2, 0) is 0 Å². The number of carbonyl (C=O) groups excluding carboxylic acids is 1. The molecular formula is C15H11Cl2N5OS. The van der Waals surface area contributed by atoms with E-state index < -0.39 is 5.91 Å². The fraction of sp³-hybridized carbons (Fsp3) is 0.0667. The number of aromatic nitrogens is 1. The van der Waals surface area contributed by atoms with Gasteiger partial charge in [-0.3, -0.25) is 15.6 Å². The third-order valence-electron chi connectivity index (χ3n) is 2.98. The van der Waals surface area contributed by atoms with Crippen LogP contribution in [0.5, 0.6) is 0 Å². The summed E-state index contributed by atoms with van der Waals surface area (Å²) >= 11 is 16.8. The Morgan fingerprint density at radius 2 is 1.88 bits per heavy atom. The number of nitrogens with one attached hydrogen (secondary N) is 3. The highest BCUT2D eigenvalue weighted by atomic mass is 35.5. The number of amides is 1. The first kappa shape index (κ1) is 17.9. The Hall–Kier alpha value is -2.40. The van der Waals surface area contributed by atoms with Crippen molar-refractivity contribution in [3.05, 3.63) is 51.8 Å². The van der Waals surface area contributed by atoms with Crippen LogP contribution in [0.3, 0.4) is 0 Å². The van der Waals surface area contributed by atoms with Crippen LogP contribution >= 0.6 is 35.4 Å². The van der Waals surface area contributed by atoms with Crippen LogP contribution in [0.1, 0.15) is 15.9 Å². The van der Waals surface area contributed by atoms with Crippen molar-refractivity contribution in [1.29, 1.82) is 5.26 Å². The molecule has 0 aliphatic carbocycles. The Morgan fingerprint density at radius 1 is 1.21 bits per heavy atom. The van der Waals surface area contributed by atoms with Gasteiger partial charge in [-0.2, -0.15) is 5.26 Å². The number of carbonyl (C=O) groups is 1. The largest absolute Gasteiger partial charge is 0.364 e. The molecule has 1 aromatic carbocycles. The number of nitrogens with zero attached hydrogens (tertiary/aromatic N) is 2. The number of thiocarbonyl (C=S) groups is 1. The van der Waals surface area contributed by atoms with Gasteiger partial charge in [0.25, 0.3) is 5.91 Å². The third-order valence-corrected chi connectivity index (χ3v) is 3.68. The van der Waals surface area contributed by atoms with Crippen LogP contribution in [0.4, 0.5) is 0 Å². The van der Waals surface area contributed by atoms with Crippen LogP contribution < -0.4 is 16.2 Å². The Kier molecular flexibility index (Phi) is 5.93. The van der Waals surface area contributed by atoms with Gasteiger partial charge >= 0.3 is 0 Å². The van der Waals surface area contributed by atoms with Crippen LogP contribution in [0.25, 0.3) is 11.1 Å². The standard InChI is InChI=1S/C15H11Cl2N5OS/c1-19-15(24)22-21-14(23)11-4-8(7-18)2-3-10(11)9-5-12(16)20-13(17)6-9/h2-6H,1H3,(H,21,23)(H2,19,22,24). The summed E-state index contributed by atoms with van der Waals surface area (Å²) in [6.07, 6.45) is 0. The van der Waals surface area contributed by atoms with Gasteiger partial charge < -0.3 is 5.32 Å². The number of rotatable bonds is 2. The SMILES string of the molecule is CNC(=S)NNC(=O)c1cc(C#N)ccc1-c1cc(Cl)nc(Cl)c1. The topological polar surface area (TPSA) is 89.8 Å². The molecular weight excluding hydrogens is 369 g/mol. The van der Waals surface area contributed by atoms with Crippen molar-refractivity contribution in [2.45, 2.75) is 0 Å². The molecule has 0 aliphatic heterocycles. The molecule has 0 atom stereocenters. The highest BCUT2D eigenvalue weighted by Crippen LogP contribution is 2.28. The molecule has 1 heterocycles. The first-order chi connectivity index (χ1) is 11.4. The summed E-state index contributed by atoms with van der Waals surface area (Å²) in [5.74, 6) is -0.469. The maximum Gasteiger partial charge on any atom is 0.270 e. The second kappa shape index (κ2) is 7.93. The van der Waals surface area contributed by atoms with Crippen molar-refractivity contribution in [2.24, 2.45) is 0 Å². The molecule has 24 heavy (non-hydrogen) atoms. The lowest BCUT2D eigenvalue weighted by molar-refractivity contribution is 0.0944. The molecule has 122 valence electrons. The smallest absolute Gasteiger partial charge is 0.270 e. The van der Waals surface area contributed by atoms with Gasteiger partial charge in [0.2, 0.25) is 0 Å². The Bertz CT molecular complexity index is 830. The fourth-order valence-electron chi connectivity index (χ4n) is 1.92. The summed E-state index contributed by atoms with van der Waals surface area (Å²) in [5.41, 5.74) is 6.76. The van der Waals surface area contributed by atoms with E-state index in [4.69, 9.17) is 40.7 Å². The van der Waals surface area contributed by atoms with E-state index in [2.05, 4.69) is 21.2 Å². The number of hydrazine groups is 1. The number of benzene rings is 1. The number of hydrogen-bond donors (Lipinski definition) is 3. The molecule has 1 amide bonds. The van der Waals surface area contributed by atoms with Gasteiger partial charge in [0.05, 0.1) is 17.2 Å². The summed E-state index contributed by atoms with van der Waals surface area (Å²) in [6.45, 7) is 0. The van der Waals surface area contributed by atoms with Crippen molar-refractivity contribution < 1.29 is 4.79 Å². The molecule has 6 nitrogen and oxygen atoms in total. The number of nitriles is 1. The maximum absolute atomic E-state index is 12.4. The second-order valence-corrected chi connectivity index (χ2v) is 5.71. The average molecular weight is 380 g/mol. The summed E-state index contributed by atoms with van der Waals surface area (Å²) in [6, 6.07) is 9.87. The first-order valence-corrected chi connectivity index (χ1v) is 7.76. The monoisotopic (exact) mass is 379 g/mol. The lowest BCUT2D eigenvalue weighted by atomic mass is 9.98. The zero-order valence-corrected chi connectivity index (χ0v) is 14.7. The maximum atomic E-state index is 12.4. The first-order valence-electron chi connectivity index (χ1n) is 6.60. The van der Waals surface area contributed by atoms with E-state index in [0.29, 0.717) is 16.7 Å². The summed E-state index contributed by atoms with van der Waals surface area (Å²) in [5, 5.41) is 12.4. The second-order valence-electron chi connectivity index (χ2n) is 4.53. The highest BCUT2D eigenvalue weighted by Gasteiger charge is 2.15. The van der Waals surface area contributed by atoms with E-state index >= 15 is 0 Å². The van der Waals surface area contributed by atoms with Crippen molar-refractivity contribution in [1.82, 2.24) is 21.2 Å². The van der Waals surface area contributed by atoms with Crippen LogP contribution in [0.15, 0.2) is 30.3 Å². The van der Waals surface area contributed by atoms with Crippen molar-refractivity contribution in [3.8, 4) is 17.2 Å². The predicted molar refractivity (Wildman–Crippen MR) is 96.7 cm³/mol. The van der Waals surface area contributed by atoms with Crippen LogP contribution in [0, 0.1) is 11.3 Å². The summed E-state index contributed by atoms with van der Waals surface area (Å²) in [7, 11) is 1.62. The molecule has 1 aromatic heterocycles. The third kappa shape index (κ3) is 4.32. The van der Waals surface area contributed by atoms with Gasteiger partial charge in [-0.15, -0.1) is 0 Å². The van der Waals surface area contributed by atoms with Crippen molar-refractivity contribution in [2.75, 3.05) is 7.05 Å². The normalized spacial score (nSPS) is 9.75. The zero-order chi connectivity index (χ0) is 17.7. The van der Waals surface area contributed by atoms with Gasteiger partial charge in [-0.05, 0) is 47.6 Å². The summed E-state index contributed by atoms with van der Waals surface area (Å²) in [4.78, 5) is 16.3. The Labute approximate surface area is 153 Å². The van der Waals surface area contributed by atoms with Gasteiger partial charge in [-0.25, -0.2) is 4.98 Å². The Balaban J connectivity index is 2.46. The van der Waals surface area contributed by atoms with E-state index in [0.717, 1.165) is 0 Å². The lowest BCUT2D eigenvalue weighted by Gasteiger charge is -2.13. The zero-order valence-electron chi connectivity index (χ0n) is 12.4. The molecule has 0 spiro atoms. The molecule has 0 aliphatic rings. The van der Waals surface area contributed by atoms with E-state index in [9.17, 15) is 4.79 Å². The number of halogens is 2. The molecule has 9 heteroatoms. The molecule has 0 saturated carbocycles. The van der Waals surface area contributed by atoms with Gasteiger partial charge in [-0.1, -0.05) is 29.3 Å². The van der Waals surface area contributed by atoms with Crippen LogP contribution in [0.2, 0.25) is 10.3 Å². The van der Waals surface area contributed by atoms with Crippen molar-refractivity contribution >= 4 is 46.4 Å². The number of pyridine rings is 1. The lowest BCUT2D eigenvalue weighted by Crippen LogP contribution is -2.45. The Morgan fingerprint density at radius 3 is 2.46 bits per heavy atom. The van der Waals surface area contributed by atoms with E-state index in [-0.39, 0.29) is 21.0 Å². The van der Waals surface area contributed by atoms with Gasteiger partial charge in [0, 0.05) is 7.05 Å². The molecule has 2 rings (SSSR count). The van der Waals surface area contributed by atoms with Gasteiger partial charge in [0.1, 0.15) is 10.3 Å². The minimum absolute atomic E-state index is 0.197. The quantitative estimate of drug-likeness (QED) is 0.422. The highest BCUT2D eigenvalue weighted by molar-refractivity contribution is 7.80. The minimum atomic E-state index is -0.469. The van der Waals surface area contributed by atoms with E-state index in [1.165, 1.54) is 6.07 Å². The van der Waals surface area contributed by atoms with Crippen molar-refractivity contribution in [3.63, 3.8) is 0 Å². The molecule has 0 saturated heterocycles. The summed E-state index contributed by atoms with van der Waals surface area (Å²) < 4.78 is 0. The average Bonchev–Trinajstić information content (AvgIpc) is 2.57. The van der Waals surface area contributed by atoms with Gasteiger partial charge in [0.15, 0.2) is 5.11 Å². The molecule has 0 radical (unpaired) electrons. The fourth-order valence-corrected chi connectivity index (χ4v) is 2.43.